The van der Waals surface area contributed by atoms with Crippen molar-refractivity contribution in [2.75, 3.05) is 26.1 Å². The number of carboxylic acids is 1. The number of nitrogens with zero attached hydrogens (tertiary/aromatic N) is 2. The lowest BCUT2D eigenvalue weighted by Gasteiger charge is -2.23. The standard InChI is InChI=1S/C17H19N5O7S/c1-27-10-8-11(28-2)14(15(29-3)13(10)9-4-6-18-20-9)16(17(23)24)30(25,26)22-12-5-7-19-21-12/h4-8,16H,1-3H3,(H,18,20)(H,23,24)(H2,19,21,22). The van der Waals surface area contributed by atoms with Gasteiger partial charge in [0.1, 0.15) is 23.1 Å². The van der Waals surface area contributed by atoms with Crippen LogP contribution in [0.25, 0.3) is 11.3 Å². The van der Waals surface area contributed by atoms with Gasteiger partial charge in [-0.1, -0.05) is 0 Å². The Morgan fingerprint density at radius 1 is 1.07 bits per heavy atom. The molecule has 13 heteroatoms. The topological polar surface area (TPSA) is 169 Å². The number of aromatic amines is 2. The number of carboxylic acid groups (broad SMARTS) is 1. The van der Waals surface area contributed by atoms with Crippen LogP contribution in [0.1, 0.15) is 10.8 Å². The molecule has 160 valence electrons. The van der Waals surface area contributed by atoms with E-state index in [0.29, 0.717) is 5.69 Å². The van der Waals surface area contributed by atoms with Gasteiger partial charge in [0.2, 0.25) is 5.25 Å². The zero-order valence-electron chi connectivity index (χ0n) is 16.2. The van der Waals surface area contributed by atoms with Crippen molar-refractivity contribution in [1.29, 1.82) is 0 Å². The number of aliphatic carboxylic acids is 1. The molecule has 3 aromatic rings. The van der Waals surface area contributed by atoms with Crippen LogP contribution in [0.2, 0.25) is 0 Å². The Morgan fingerprint density at radius 3 is 2.23 bits per heavy atom. The molecule has 0 amide bonds. The number of methoxy groups -OCH3 is 3. The molecule has 1 atom stereocenters. The largest absolute Gasteiger partial charge is 0.496 e. The number of carbonyl (C=O) groups is 1. The summed E-state index contributed by atoms with van der Waals surface area (Å²) in [4.78, 5) is 12.2. The minimum Gasteiger partial charge on any atom is -0.496 e. The molecule has 0 radical (unpaired) electrons. The Balaban J connectivity index is 2.30. The van der Waals surface area contributed by atoms with Crippen LogP contribution in [0.15, 0.2) is 30.6 Å². The van der Waals surface area contributed by atoms with Crippen LogP contribution in [-0.2, 0) is 14.8 Å². The van der Waals surface area contributed by atoms with Crippen molar-refractivity contribution in [1.82, 2.24) is 20.4 Å². The first-order valence-electron chi connectivity index (χ1n) is 8.40. The van der Waals surface area contributed by atoms with Crippen LogP contribution in [-0.4, -0.2) is 61.2 Å². The Kier molecular flexibility index (Phi) is 5.82. The van der Waals surface area contributed by atoms with E-state index in [-0.39, 0.29) is 34.2 Å². The van der Waals surface area contributed by atoms with Crippen LogP contribution in [0.5, 0.6) is 17.2 Å². The molecule has 1 unspecified atom stereocenters. The molecule has 3 rings (SSSR count). The molecule has 12 nitrogen and oxygen atoms in total. The summed E-state index contributed by atoms with van der Waals surface area (Å²) in [6, 6.07) is 4.33. The first kappa shape index (κ1) is 21.0. The van der Waals surface area contributed by atoms with Crippen LogP contribution >= 0.6 is 0 Å². The average molecular weight is 437 g/mol. The molecule has 0 aliphatic heterocycles. The second-order valence-electron chi connectivity index (χ2n) is 5.91. The average Bonchev–Trinajstić information content (AvgIpc) is 3.40. The van der Waals surface area contributed by atoms with E-state index in [1.807, 2.05) is 0 Å². The molecule has 0 aliphatic rings. The molecule has 0 saturated heterocycles. The van der Waals surface area contributed by atoms with E-state index >= 15 is 0 Å². The van der Waals surface area contributed by atoms with Crippen molar-refractivity contribution >= 4 is 21.8 Å². The van der Waals surface area contributed by atoms with Crippen molar-refractivity contribution in [2.45, 2.75) is 5.25 Å². The summed E-state index contributed by atoms with van der Waals surface area (Å²) < 4.78 is 44.4. The van der Waals surface area contributed by atoms with Crippen molar-refractivity contribution in [3.05, 3.63) is 36.2 Å². The second-order valence-corrected chi connectivity index (χ2v) is 7.67. The summed E-state index contributed by atoms with van der Waals surface area (Å²) in [6.07, 6.45) is 2.79. The maximum absolute atomic E-state index is 13.0. The molecule has 4 N–H and O–H groups in total. The lowest BCUT2D eigenvalue weighted by atomic mass is 10.0. The molecule has 0 saturated carbocycles. The zero-order valence-corrected chi connectivity index (χ0v) is 17.0. The SMILES string of the molecule is COc1cc(OC)c(C(C(=O)O)S(=O)(=O)Nc2ccn[nH]2)c(OC)c1-c1ccn[nH]1. The summed E-state index contributed by atoms with van der Waals surface area (Å²) in [7, 11) is -0.551. The number of hydrogen-bond donors (Lipinski definition) is 4. The molecule has 2 aromatic heterocycles. The number of H-pyrrole nitrogens is 2. The fourth-order valence-electron chi connectivity index (χ4n) is 3.00. The highest BCUT2D eigenvalue weighted by Crippen LogP contribution is 2.49. The van der Waals surface area contributed by atoms with Gasteiger partial charge < -0.3 is 19.3 Å². The van der Waals surface area contributed by atoms with Gasteiger partial charge in [0.25, 0.3) is 10.0 Å². The van der Waals surface area contributed by atoms with Gasteiger partial charge in [-0.3, -0.25) is 19.7 Å². The highest BCUT2D eigenvalue weighted by Gasteiger charge is 2.41. The van der Waals surface area contributed by atoms with Gasteiger partial charge in [0, 0.05) is 18.3 Å². The number of nitrogens with one attached hydrogen (secondary N) is 3. The van der Waals surface area contributed by atoms with E-state index in [9.17, 15) is 18.3 Å². The Labute approximate surface area is 171 Å². The third-order valence-electron chi connectivity index (χ3n) is 4.21. The van der Waals surface area contributed by atoms with E-state index < -0.39 is 21.2 Å². The summed E-state index contributed by atoms with van der Waals surface area (Å²) in [5, 5.41) is 20.5. The van der Waals surface area contributed by atoms with Crippen LogP contribution in [0.3, 0.4) is 0 Å². The number of ether oxygens (including phenoxy) is 3. The maximum Gasteiger partial charge on any atom is 0.328 e. The van der Waals surface area contributed by atoms with Gasteiger partial charge in [-0.05, 0) is 6.07 Å². The molecule has 0 fully saturated rings. The minimum absolute atomic E-state index is 0.00138. The Bertz CT molecular complexity index is 1130. The lowest BCUT2D eigenvalue weighted by Crippen LogP contribution is -2.29. The predicted molar refractivity (Wildman–Crippen MR) is 105 cm³/mol. The number of benzene rings is 1. The first-order valence-corrected chi connectivity index (χ1v) is 9.95. The van der Waals surface area contributed by atoms with Crippen LogP contribution in [0.4, 0.5) is 5.82 Å². The monoisotopic (exact) mass is 437 g/mol. The fourth-order valence-corrected chi connectivity index (χ4v) is 4.34. The maximum atomic E-state index is 13.0. The molecule has 30 heavy (non-hydrogen) atoms. The van der Waals surface area contributed by atoms with E-state index in [1.54, 1.807) is 6.07 Å². The van der Waals surface area contributed by atoms with Crippen molar-refractivity contribution in [2.24, 2.45) is 0 Å². The zero-order chi connectivity index (χ0) is 21.9. The van der Waals surface area contributed by atoms with E-state index in [0.717, 1.165) is 0 Å². The lowest BCUT2D eigenvalue weighted by molar-refractivity contribution is -0.136. The molecule has 2 heterocycles. The highest BCUT2D eigenvalue weighted by molar-refractivity contribution is 7.93. The van der Waals surface area contributed by atoms with Crippen molar-refractivity contribution < 1.29 is 32.5 Å². The number of anilines is 1. The summed E-state index contributed by atoms with van der Waals surface area (Å²) in [6.45, 7) is 0. The number of sulfonamides is 1. The molecular weight excluding hydrogens is 418 g/mol. The van der Waals surface area contributed by atoms with Crippen LogP contribution < -0.4 is 18.9 Å². The van der Waals surface area contributed by atoms with Gasteiger partial charge in [-0.25, -0.2) is 8.42 Å². The van der Waals surface area contributed by atoms with Crippen molar-refractivity contribution in [3.8, 4) is 28.5 Å². The van der Waals surface area contributed by atoms with Gasteiger partial charge in [0.15, 0.2) is 0 Å². The molecule has 0 aliphatic carbocycles. The van der Waals surface area contributed by atoms with Crippen molar-refractivity contribution in [3.63, 3.8) is 0 Å². The third-order valence-corrected chi connectivity index (χ3v) is 5.77. The van der Waals surface area contributed by atoms with Crippen LogP contribution in [0, 0.1) is 0 Å². The minimum atomic E-state index is -4.52. The Hall–Kier alpha value is -3.74. The number of aromatic nitrogens is 4. The molecule has 0 spiro atoms. The summed E-state index contributed by atoms with van der Waals surface area (Å²) >= 11 is 0. The van der Waals surface area contributed by atoms with Gasteiger partial charge in [-0.2, -0.15) is 10.2 Å². The second kappa shape index (κ2) is 8.32. The number of hydrogen-bond acceptors (Lipinski definition) is 8. The normalized spacial score (nSPS) is 12.2. The number of rotatable bonds is 9. The van der Waals surface area contributed by atoms with Gasteiger partial charge in [-0.15, -0.1) is 0 Å². The first-order chi connectivity index (χ1) is 14.3. The fraction of sp³-hybridized carbons (Fsp3) is 0.235. The summed E-state index contributed by atoms with van der Waals surface area (Å²) in [5.41, 5.74) is 0.497. The quantitative estimate of drug-likeness (QED) is 0.386. The Morgan fingerprint density at radius 2 is 1.73 bits per heavy atom. The van der Waals surface area contributed by atoms with E-state index in [2.05, 4.69) is 25.1 Å². The van der Waals surface area contributed by atoms with Gasteiger partial charge >= 0.3 is 5.97 Å². The smallest absolute Gasteiger partial charge is 0.328 e. The third kappa shape index (κ3) is 3.74. The molecular formula is C17H19N5O7S. The van der Waals surface area contributed by atoms with E-state index in [1.165, 1.54) is 45.9 Å². The molecule has 0 bridgehead atoms. The van der Waals surface area contributed by atoms with E-state index in [4.69, 9.17) is 14.2 Å². The predicted octanol–water partition coefficient (Wildman–Crippen LogP) is 1.39. The highest BCUT2D eigenvalue weighted by atomic mass is 32.2. The van der Waals surface area contributed by atoms with Gasteiger partial charge in [0.05, 0.1) is 44.3 Å². The summed E-state index contributed by atoms with van der Waals surface area (Å²) in [5.74, 6) is -1.48. The molecule has 1 aromatic carbocycles.